The third-order valence-electron chi connectivity index (χ3n) is 3.44. The van der Waals surface area contributed by atoms with Crippen LogP contribution in [0.15, 0.2) is 18.2 Å². The summed E-state index contributed by atoms with van der Waals surface area (Å²) in [6, 6.07) is 4.68. The number of piperidine rings is 1. The van der Waals surface area contributed by atoms with Crippen molar-refractivity contribution in [3.63, 3.8) is 0 Å². The van der Waals surface area contributed by atoms with Crippen molar-refractivity contribution < 1.29 is 13.2 Å². The van der Waals surface area contributed by atoms with E-state index < -0.39 is 10.0 Å². The summed E-state index contributed by atoms with van der Waals surface area (Å²) in [5.41, 5.74) is 0.456. The summed E-state index contributed by atoms with van der Waals surface area (Å²) in [6.45, 7) is 1.10. The SMILES string of the molecule is O=C(CCS(=O)(=O)N1CCCCC1)Nc1cc(Cl)cc(Cl)c1. The van der Waals surface area contributed by atoms with Gasteiger partial charge >= 0.3 is 0 Å². The number of benzene rings is 1. The summed E-state index contributed by atoms with van der Waals surface area (Å²) in [5, 5.41) is 3.42. The number of carbonyl (C=O) groups excluding carboxylic acids is 1. The van der Waals surface area contributed by atoms with E-state index in [2.05, 4.69) is 5.32 Å². The topological polar surface area (TPSA) is 66.5 Å². The number of hydrogen-bond acceptors (Lipinski definition) is 3. The van der Waals surface area contributed by atoms with Crippen LogP contribution in [0.3, 0.4) is 0 Å². The van der Waals surface area contributed by atoms with E-state index in [-0.39, 0.29) is 18.1 Å². The summed E-state index contributed by atoms with van der Waals surface area (Å²) in [5.74, 6) is -0.563. The van der Waals surface area contributed by atoms with Gasteiger partial charge in [-0.2, -0.15) is 0 Å². The van der Waals surface area contributed by atoms with Gasteiger partial charge in [0, 0.05) is 35.2 Å². The van der Waals surface area contributed by atoms with Crippen LogP contribution in [0.4, 0.5) is 5.69 Å². The summed E-state index contributed by atoms with van der Waals surface area (Å²) in [7, 11) is -3.37. The van der Waals surface area contributed by atoms with Crippen molar-refractivity contribution in [3.05, 3.63) is 28.2 Å². The Balaban J connectivity index is 1.89. The van der Waals surface area contributed by atoms with E-state index in [9.17, 15) is 13.2 Å². The van der Waals surface area contributed by atoms with Gasteiger partial charge in [0.1, 0.15) is 0 Å². The highest BCUT2D eigenvalue weighted by atomic mass is 35.5. The Hall–Kier alpha value is -0.820. The van der Waals surface area contributed by atoms with Crippen molar-refractivity contribution in [3.8, 4) is 0 Å². The molecule has 1 aromatic carbocycles. The van der Waals surface area contributed by atoms with Crippen LogP contribution in [-0.4, -0.2) is 37.5 Å². The first-order valence-corrected chi connectivity index (χ1v) is 9.47. The Bertz CT molecular complexity index is 623. The number of sulfonamides is 1. The number of hydrogen-bond donors (Lipinski definition) is 1. The predicted octanol–water partition coefficient (Wildman–Crippen LogP) is 3.14. The largest absolute Gasteiger partial charge is 0.326 e. The molecule has 0 saturated carbocycles. The van der Waals surface area contributed by atoms with Gasteiger partial charge in [-0.1, -0.05) is 29.6 Å². The van der Waals surface area contributed by atoms with E-state index in [1.165, 1.54) is 4.31 Å². The predicted molar refractivity (Wildman–Crippen MR) is 88.9 cm³/mol. The van der Waals surface area contributed by atoms with Crippen LogP contribution >= 0.6 is 23.2 Å². The molecule has 22 heavy (non-hydrogen) atoms. The number of nitrogens with zero attached hydrogens (tertiary/aromatic N) is 1. The van der Waals surface area contributed by atoms with Crippen molar-refractivity contribution >= 4 is 44.8 Å². The summed E-state index contributed by atoms with van der Waals surface area (Å²) >= 11 is 11.7. The van der Waals surface area contributed by atoms with E-state index >= 15 is 0 Å². The Labute approximate surface area is 140 Å². The molecule has 1 saturated heterocycles. The molecule has 122 valence electrons. The second-order valence-electron chi connectivity index (χ2n) is 5.23. The molecule has 0 unspecified atom stereocenters. The molecule has 0 bridgehead atoms. The smallest absolute Gasteiger partial charge is 0.225 e. The number of amides is 1. The summed E-state index contributed by atoms with van der Waals surface area (Å²) in [6.07, 6.45) is 2.73. The van der Waals surface area contributed by atoms with Crippen LogP contribution in [0.25, 0.3) is 0 Å². The maximum atomic E-state index is 12.2. The normalized spacial score (nSPS) is 16.5. The molecule has 0 aliphatic carbocycles. The zero-order valence-corrected chi connectivity index (χ0v) is 14.3. The van der Waals surface area contributed by atoms with Crippen molar-refractivity contribution in [2.45, 2.75) is 25.7 Å². The molecule has 1 heterocycles. The second-order valence-corrected chi connectivity index (χ2v) is 8.19. The molecular formula is C14H18Cl2N2O3S. The van der Waals surface area contributed by atoms with Gasteiger partial charge in [0.05, 0.1) is 5.75 Å². The number of carbonyl (C=O) groups is 1. The third-order valence-corrected chi connectivity index (χ3v) is 5.75. The number of rotatable bonds is 5. The maximum Gasteiger partial charge on any atom is 0.225 e. The van der Waals surface area contributed by atoms with Gasteiger partial charge in [-0.05, 0) is 31.0 Å². The molecule has 0 spiro atoms. The van der Waals surface area contributed by atoms with Crippen molar-refractivity contribution in [1.82, 2.24) is 4.31 Å². The van der Waals surface area contributed by atoms with Crippen molar-refractivity contribution in [2.75, 3.05) is 24.2 Å². The van der Waals surface area contributed by atoms with Crippen LogP contribution in [0.5, 0.6) is 0 Å². The summed E-state index contributed by atoms with van der Waals surface area (Å²) < 4.78 is 25.8. The van der Waals surface area contributed by atoms with Crippen LogP contribution in [0, 0.1) is 0 Å². The number of anilines is 1. The van der Waals surface area contributed by atoms with E-state index in [1.54, 1.807) is 18.2 Å². The highest BCUT2D eigenvalue weighted by molar-refractivity contribution is 7.89. The summed E-state index contributed by atoms with van der Waals surface area (Å²) in [4.78, 5) is 11.9. The minimum Gasteiger partial charge on any atom is -0.326 e. The number of halogens is 2. The zero-order chi connectivity index (χ0) is 16.2. The average molecular weight is 365 g/mol. The monoisotopic (exact) mass is 364 g/mol. The fourth-order valence-corrected chi connectivity index (χ4v) is 4.39. The van der Waals surface area contributed by atoms with Gasteiger partial charge in [0.15, 0.2) is 0 Å². The first-order valence-electron chi connectivity index (χ1n) is 7.10. The van der Waals surface area contributed by atoms with Crippen molar-refractivity contribution in [2.24, 2.45) is 0 Å². The standard InChI is InChI=1S/C14H18Cl2N2O3S/c15-11-8-12(16)10-13(9-11)17-14(19)4-7-22(20,21)18-5-2-1-3-6-18/h8-10H,1-7H2,(H,17,19). The van der Waals surface area contributed by atoms with Gasteiger partial charge in [-0.15, -0.1) is 0 Å². The van der Waals surface area contributed by atoms with E-state index in [0.717, 1.165) is 19.3 Å². The van der Waals surface area contributed by atoms with Gasteiger partial charge in [0.2, 0.25) is 15.9 Å². The van der Waals surface area contributed by atoms with Gasteiger partial charge in [-0.3, -0.25) is 4.79 Å². The fraction of sp³-hybridized carbons (Fsp3) is 0.500. The molecular weight excluding hydrogens is 347 g/mol. The first kappa shape index (κ1) is 17.5. The van der Waals surface area contributed by atoms with Crippen LogP contribution in [-0.2, 0) is 14.8 Å². The fourth-order valence-electron chi connectivity index (χ4n) is 2.34. The third kappa shape index (κ3) is 5.12. The van der Waals surface area contributed by atoms with Gasteiger partial charge < -0.3 is 5.32 Å². The molecule has 2 rings (SSSR count). The quantitative estimate of drug-likeness (QED) is 0.872. The van der Waals surface area contributed by atoms with Crippen LogP contribution in [0.1, 0.15) is 25.7 Å². The van der Waals surface area contributed by atoms with E-state index in [0.29, 0.717) is 28.8 Å². The lowest BCUT2D eigenvalue weighted by Crippen LogP contribution is -2.37. The van der Waals surface area contributed by atoms with E-state index in [4.69, 9.17) is 23.2 Å². The molecule has 0 aromatic heterocycles. The molecule has 1 N–H and O–H groups in total. The lowest BCUT2D eigenvalue weighted by atomic mass is 10.2. The Kier molecular flexibility index (Phi) is 6.09. The maximum absolute atomic E-state index is 12.2. The molecule has 0 atom stereocenters. The molecule has 1 aromatic rings. The van der Waals surface area contributed by atoms with Crippen LogP contribution < -0.4 is 5.32 Å². The molecule has 0 radical (unpaired) electrons. The van der Waals surface area contributed by atoms with Gasteiger partial charge in [-0.25, -0.2) is 12.7 Å². The van der Waals surface area contributed by atoms with Crippen molar-refractivity contribution in [1.29, 1.82) is 0 Å². The zero-order valence-electron chi connectivity index (χ0n) is 12.0. The molecule has 5 nitrogen and oxygen atoms in total. The number of nitrogens with one attached hydrogen (secondary N) is 1. The highest BCUT2D eigenvalue weighted by Crippen LogP contribution is 2.22. The lowest BCUT2D eigenvalue weighted by Gasteiger charge is -2.25. The molecule has 1 fully saturated rings. The average Bonchev–Trinajstić information content (AvgIpc) is 2.45. The van der Waals surface area contributed by atoms with Gasteiger partial charge in [0.25, 0.3) is 0 Å². The van der Waals surface area contributed by atoms with Crippen LogP contribution in [0.2, 0.25) is 10.0 Å². The molecule has 1 aliphatic heterocycles. The molecule has 1 amide bonds. The molecule has 8 heteroatoms. The minimum absolute atomic E-state index is 0.0943. The minimum atomic E-state index is -3.37. The lowest BCUT2D eigenvalue weighted by molar-refractivity contribution is -0.115. The second kappa shape index (κ2) is 7.64. The Morgan fingerprint density at radius 3 is 2.27 bits per heavy atom. The molecule has 1 aliphatic rings. The first-order chi connectivity index (χ1) is 10.4. The Morgan fingerprint density at radius 2 is 1.68 bits per heavy atom. The highest BCUT2D eigenvalue weighted by Gasteiger charge is 2.24. The Morgan fingerprint density at radius 1 is 1.09 bits per heavy atom. The van der Waals surface area contributed by atoms with E-state index in [1.807, 2.05) is 0 Å².